The summed E-state index contributed by atoms with van der Waals surface area (Å²) >= 11 is 11.1. The zero-order valence-corrected chi connectivity index (χ0v) is 12.4. The van der Waals surface area contributed by atoms with Gasteiger partial charge in [0.1, 0.15) is 5.75 Å². The minimum atomic E-state index is 0.0407. The highest BCUT2D eigenvalue weighted by Gasteiger charge is 2.03. The third-order valence-corrected chi connectivity index (χ3v) is 3.52. The van der Waals surface area contributed by atoms with Crippen molar-refractivity contribution in [3.63, 3.8) is 0 Å². The number of fused-ring (bicyclic) bond motifs is 1. The molecule has 0 radical (unpaired) electrons. The summed E-state index contributed by atoms with van der Waals surface area (Å²) in [5, 5.41) is 17.3. The molecule has 0 saturated carbocycles. The molecule has 0 fully saturated rings. The molecule has 4 nitrogen and oxygen atoms in total. The number of rotatable bonds is 2. The fraction of sp³-hybridized carbons (Fsp3) is 0. The molecule has 0 saturated heterocycles. The van der Waals surface area contributed by atoms with Crippen LogP contribution in [0.1, 0.15) is 0 Å². The number of phenolic OH excluding ortho intramolecular Hbond substituents is 1. The van der Waals surface area contributed by atoms with Crippen molar-refractivity contribution in [1.29, 1.82) is 0 Å². The fourth-order valence-corrected chi connectivity index (χ4v) is 2.43. The minimum absolute atomic E-state index is 0.0407. The van der Waals surface area contributed by atoms with Gasteiger partial charge in [-0.2, -0.15) is 0 Å². The molecule has 0 aliphatic heterocycles. The van der Waals surface area contributed by atoms with Crippen molar-refractivity contribution < 1.29 is 5.11 Å². The van der Waals surface area contributed by atoms with E-state index in [4.69, 9.17) is 23.8 Å². The van der Waals surface area contributed by atoms with Gasteiger partial charge in [0.2, 0.25) is 0 Å². The first-order chi connectivity index (χ1) is 10.1. The van der Waals surface area contributed by atoms with E-state index < -0.39 is 0 Å². The first kappa shape index (κ1) is 13.7. The van der Waals surface area contributed by atoms with Gasteiger partial charge in [0.25, 0.3) is 0 Å². The zero-order chi connectivity index (χ0) is 14.8. The fourth-order valence-electron chi connectivity index (χ4n) is 2.01. The number of hydrogen-bond acceptors (Lipinski definition) is 2. The molecule has 1 aromatic heterocycles. The molecule has 3 aromatic rings. The molecule has 4 N–H and O–H groups in total. The van der Waals surface area contributed by atoms with E-state index in [-0.39, 0.29) is 10.8 Å². The lowest BCUT2D eigenvalue weighted by Gasteiger charge is -2.11. The number of nitrogens with one attached hydrogen (secondary N) is 3. The van der Waals surface area contributed by atoms with E-state index in [2.05, 4.69) is 15.6 Å². The van der Waals surface area contributed by atoms with Gasteiger partial charge in [0.05, 0.1) is 5.02 Å². The maximum atomic E-state index is 9.38. The Hall–Kier alpha value is -2.24. The van der Waals surface area contributed by atoms with Crippen LogP contribution in [0.15, 0.2) is 48.7 Å². The predicted molar refractivity (Wildman–Crippen MR) is 91.3 cm³/mol. The maximum Gasteiger partial charge on any atom is 0.175 e. The lowest BCUT2D eigenvalue weighted by Crippen LogP contribution is -2.18. The average molecular weight is 318 g/mol. The van der Waals surface area contributed by atoms with Gasteiger partial charge >= 0.3 is 0 Å². The molecule has 3 rings (SSSR count). The predicted octanol–water partition coefficient (Wildman–Crippen LogP) is 4.34. The normalized spacial score (nSPS) is 10.5. The first-order valence-electron chi connectivity index (χ1n) is 6.25. The Labute approximate surface area is 131 Å². The smallest absolute Gasteiger partial charge is 0.175 e. The molecule has 6 heteroatoms. The van der Waals surface area contributed by atoms with Crippen molar-refractivity contribution >= 4 is 51.2 Å². The second kappa shape index (κ2) is 5.63. The first-order valence-corrected chi connectivity index (χ1v) is 7.04. The van der Waals surface area contributed by atoms with E-state index in [1.54, 1.807) is 12.1 Å². The van der Waals surface area contributed by atoms with Crippen LogP contribution in [0.5, 0.6) is 5.75 Å². The van der Waals surface area contributed by atoms with Crippen LogP contribution in [-0.4, -0.2) is 15.2 Å². The molecule has 0 atom stereocenters. The van der Waals surface area contributed by atoms with Crippen LogP contribution in [0.4, 0.5) is 11.4 Å². The molecule has 0 amide bonds. The summed E-state index contributed by atoms with van der Waals surface area (Å²) in [7, 11) is 0. The quantitative estimate of drug-likeness (QED) is 0.419. The second-order valence-corrected chi connectivity index (χ2v) is 5.34. The molecule has 0 aliphatic carbocycles. The summed E-state index contributed by atoms with van der Waals surface area (Å²) < 4.78 is 0. The van der Waals surface area contributed by atoms with Gasteiger partial charge in [-0.15, -0.1) is 0 Å². The summed E-state index contributed by atoms with van der Waals surface area (Å²) in [6.45, 7) is 0. The molecule has 0 bridgehead atoms. The van der Waals surface area contributed by atoms with Gasteiger partial charge in [-0.1, -0.05) is 11.6 Å². The molecule has 21 heavy (non-hydrogen) atoms. The summed E-state index contributed by atoms with van der Waals surface area (Å²) in [5.41, 5.74) is 2.67. The van der Waals surface area contributed by atoms with Crippen molar-refractivity contribution in [1.82, 2.24) is 4.98 Å². The number of halogens is 1. The number of hydrogen-bond donors (Lipinski definition) is 4. The average Bonchev–Trinajstić information content (AvgIpc) is 2.90. The van der Waals surface area contributed by atoms with Crippen LogP contribution in [0.25, 0.3) is 10.9 Å². The van der Waals surface area contributed by atoms with E-state index >= 15 is 0 Å². The molecular weight excluding hydrogens is 306 g/mol. The van der Waals surface area contributed by atoms with Crippen LogP contribution in [-0.2, 0) is 0 Å². The molecule has 2 aromatic carbocycles. The van der Waals surface area contributed by atoms with Crippen LogP contribution < -0.4 is 10.6 Å². The number of phenols is 1. The number of thiocarbonyl (C=S) groups is 1. The van der Waals surface area contributed by atoms with E-state index in [0.29, 0.717) is 10.8 Å². The summed E-state index contributed by atoms with van der Waals surface area (Å²) in [5.74, 6) is 0.0407. The zero-order valence-electron chi connectivity index (χ0n) is 10.9. The van der Waals surface area contributed by atoms with Gasteiger partial charge in [-0.05, 0) is 54.7 Å². The Balaban J connectivity index is 1.71. The van der Waals surface area contributed by atoms with Gasteiger partial charge < -0.3 is 20.7 Å². The topological polar surface area (TPSA) is 60.1 Å². The monoisotopic (exact) mass is 317 g/mol. The number of aromatic hydroxyl groups is 1. The Morgan fingerprint density at radius 1 is 1.05 bits per heavy atom. The van der Waals surface area contributed by atoms with Crippen LogP contribution >= 0.6 is 23.8 Å². The van der Waals surface area contributed by atoms with Crippen molar-refractivity contribution in [2.45, 2.75) is 0 Å². The molecular formula is C15H12ClN3OS. The van der Waals surface area contributed by atoms with Crippen molar-refractivity contribution in [2.24, 2.45) is 0 Å². The van der Waals surface area contributed by atoms with Gasteiger partial charge in [0.15, 0.2) is 5.11 Å². The Kier molecular flexibility index (Phi) is 3.68. The van der Waals surface area contributed by atoms with Gasteiger partial charge in [-0.25, -0.2) is 0 Å². The summed E-state index contributed by atoms with van der Waals surface area (Å²) in [6.07, 6.45) is 1.89. The van der Waals surface area contributed by atoms with Crippen molar-refractivity contribution in [3.05, 3.63) is 53.7 Å². The molecule has 1 heterocycles. The van der Waals surface area contributed by atoms with E-state index in [1.165, 1.54) is 6.07 Å². The van der Waals surface area contributed by atoms with E-state index in [9.17, 15) is 5.11 Å². The van der Waals surface area contributed by atoms with Gasteiger partial charge in [0, 0.05) is 28.5 Å². The molecule has 0 unspecified atom stereocenters. The van der Waals surface area contributed by atoms with Crippen molar-refractivity contribution in [3.8, 4) is 5.75 Å². The highest BCUT2D eigenvalue weighted by Crippen LogP contribution is 2.26. The number of H-pyrrole nitrogens is 1. The number of aromatic amines is 1. The standard InChI is InChI=1S/C15H12ClN3OS/c16-12-8-11(2-4-14(12)20)19-15(21)18-10-1-3-13-9(7-10)5-6-17-13/h1-8,17,20H,(H2,18,19,21). The summed E-state index contributed by atoms with van der Waals surface area (Å²) in [4.78, 5) is 3.14. The number of aromatic nitrogens is 1. The lowest BCUT2D eigenvalue weighted by molar-refractivity contribution is 0.475. The Morgan fingerprint density at radius 3 is 2.52 bits per heavy atom. The third-order valence-electron chi connectivity index (χ3n) is 3.02. The maximum absolute atomic E-state index is 9.38. The highest BCUT2D eigenvalue weighted by atomic mass is 35.5. The van der Waals surface area contributed by atoms with E-state index in [1.807, 2.05) is 30.5 Å². The van der Waals surface area contributed by atoms with Gasteiger partial charge in [-0.3, -0.25) is 0 Å². The molecule has 0 spiro atoms. The Morgan fingerprint density at radius 2 is 1.76 bits per heavy atom. The largest absolute Gasteiger partial charge is 0.506 e. The SMILES string of the molecule is Oc1ccc(NC(=S)Nc2ccc3[nH]ccc3c2)cc1Cl. The molecule has 0 aliphatic rings. The minimum Gasteiger partial charge on any atom is -0.506 e. The second-order valence-electron chi connectivity index (χ2n) is 4.53. The highest BCUT2D eigenvalue weighted by molar-refractivity contribution is 7.80. The number of benzene rings is 2. The van der Waals surface area contributed by atoms with E-state index in [0.717, 1.165) is 16.6 Å². The van der Waals surface area contributed by atoms with Crippen LogP contribution in [0, 0.1) is 0 Å². The lowest BCUT2D eigenvalue weighted by atomic mass is 10.2. The van der Waals surface area contributed by atoms with Crippen molar-refractivity contribution in [2.75, 3.05) is 10.6 Å². The third kappa shape index (κ3) is 3.09. The van der Waals surface area contributed by atoms with Crippen LogP contribution in [0.2, 0.25) is 5.02 Å². The summed E-state index contributed by atoms with van der Waals surface area (Å²) in [6, 6.07) is 12.7. The van der Waals surface area contributed by atoms with Crippen LogP contribution in [0.3, 0.4) is 0 Å². The molecule has 106 valence electrons. The Bertz CT molecular complexity index is 816. The number of anilines is 2.